The lowest BCUT2D eigenvalue weighted by atomic mass is 9.90. The van der Waals surface area contributed by atoms with E-state index in [1.165, 1.54) is 17.7 Å². The molecule has 0 unspecified atom stereocenters. The SMILES string of the molecule is CCc1nc2ccc(C3CCN(CCCNC(=O)O)CC3)cn2c1N(C)c1nc(-c2ccc(F)cc2)cs1. The zero-order valence-electron chi connectivity index (χ0n) is 21.7. The van der Waals surface area contributed by atoms with Gasteiger partial charge in [0.1, 0.15) is 17.3 Å². The molecule has 0 atom stereocenters. The zero-order valence-corrected chi connectivity index (χ0v) is 22.5. The number of amides is 1. The van der Waals surface area contributed by atoms with Crippen LogP contribution in [-0.2, 0) is 6.42 Å². The first-order valence-corrected chi connectivity index (χ1v) is 14.0. The van der Waals surface area contributed by atoms with Gasteiger partial charge in [0.2, 0.25) is 0 Å². The number of hydrogen-bond acceptors (Lipinski definition) is 6. The average molecular weight is 537 g/mol. The van der Waals surface area contributed by atoms with Gasteiger partial charge in [-0.05, 0) is 87.1 Å². The highest BCUT2D eigenvalue weighted by Gasteiger charge is 2.23. The van der Waals surface area contributed by atoms with Crippen molar-refractivity contribution in [2.45, 2.75) is 38.5 Å². The molecule has 1 aliphatic heterocycles. The summed E-state index contributed by atoms with van der Waals surface area (Å²) in [5.41, 5.74) is 4.97. The second kappa shape index (κ2) is 11.5. The minimum atomic E-state index is -0.960. The summed E-state index contributed by atoms with van der Waals surface area (Å²) < 4.78 is 15.6. The van der Waals surface area contributed by atoms with Crippen LogP contribution in [0.3, 0.4) is 0 Å². The van der Waals surface area contributed by atoms with E-state index in [9.17, 15) is 9.18 Å². The Labute approximate surface area is 225 Å². The molecule has 0 radical (unpaired) electrons. The van der Waals surface area contributed by atoms with E-state index in [0.29, 0.717) is 12.5 Å². The first-order valence-electron chi connectivity index (χ1n) is 13.1. The number of carboxylic acid groups (broad SMARTS) is 1. The molecular weight excluding hydrogens is 503 g/mol. The summed E-state index contributed by atoms with van der Waals surface area (Å²) in [6.45, 7) is 5.55. The quantitative estimate of drug-likeness (QED) is 0.265. The molecule has 0 spiro atoms. The Kier molecular flexibility index (Phi) is 7.90. The number of aromatic nitrogens is 3. The summed E-state index contributed by atoms with van der Waals surface area (Å²) in [4.78, 5) is 24.9. The van der Waals surface area contributed by atoms with E-state index < -0.39 is 6.09 Å². The van der Waals surface area contributed by atoms with Crippen LogP contribution in [0.15, 0.2) is 48.0 Å². The fraction of sp³-hybridized carbons (Fsp3) is 0.393. The van der Waals surface area contributed by atoms with Crippen molar-refractivity contribution >= 4 is 34.0 Å². The molecule has 1 fully saturated rings. The normalized spacial score (nSPS) is 14.7. The number of nitrogens with zero attached hydrogens (tertiary/aromatic N) is 5. The highest BCUT2D eigenvalue weighted by Crippen LogP contribution is 2.35. The number of benzene rings is 1. The molecule has 1 aliphatic rings. The second-order valence-corrected chi connectivity index (χ2v) is 10.5. The van der Waals surface area contributed by atoms with Crippen LogP contribution in [0.1, 0.15) is 43.4 Å². The molecule has 1 aromatic carbocycles. The first kappa shape index (κ1) is 26.1. The van der Waals surface area contributed by atoms with Crippen molar-refractivity contribution in [3.63, 3.8) is 0 Å². The lowest BCUT2D eigenvalue weighted by molar-refractivity contribution is 0.190. The van der Waals surface area contributed by atoms with Crippen molar-refractivity contribution in [3.8, 4) is 11.3 Å². The Balaban J connectivity index is 1.33. The lowest BCUT2D eigenvalue weighted by Gasteiger charge is -2.32. The van der Waals surface area contributed by atoms with Gasteiger partial charge in [-0.1, -0.05) is 13.0 Å². The summed E-state index contributed by atoms with van der Waals surface area (Å²) in [6.07, 6.45) is 5.06. The summed E-state index contributed by atoms with van der Waals surface area (Å²) in [7, 11) is 2.03. The molecule has 0 saturated carbocycles. The molecule has 5 rings (SSSR count). The molecule has 4 heterocycles. The standard InChI is InChI=1S/C28H33FN6O2S/c1-3-23-26(33(2)27-32-24(18-38-27)20-5-8-22(29)9-6-20)35-17-21(7-10-25(35)31-23)19-11-15-34(16-12-19)14-4-13-30-28(36)37/h5-10,17-19,30H,3-4,11-16H2,1-2H3,(H,36,37). The molecule has 200 valence electrons. The van der Waals surface area contributed by atoms with Gasteiger partial charge >= 0.3 is 6.09 Å². The van der Waals surface area contributed by atoms with E-state index in [1.54, 1.807) is 23.5 Å². The molecule has 0 bridgehead atoms. The molecule has 8 nitrogen and oxygen atoms in total. The lowest BCUT2D eigenvalue weighted by Crippen LogP contribution is -2.35. The molecular formula is C28H33FN6O2S. The van der Waals surface area contributed by atoms with Gasteiger partial charge in [0.25, 0.3) is 0 Å². The van der Waals surface area contributed by atoms with Gasteiger partial charge in [-0.2, -0.15) is 0 Å². The van der Waals surface area contributed by atoms with Crippen molar-refractivity contribution in [2.24, 2.45) is 0 Å². The number of halogens is 1. The average Bonchev–Trinajstić information content (AvgIpc) is 3.56. The summed E-state index contributed by atoms with van der Waals surface area (Å²) >= 11 is 1.56. The van der Waals surface area contributed by atoms with Crippen LogP contribution < -0.4 is 10.2 Å². The smallest absolute Gasteiger partial charge is 0.404 e. The third-order valence-electron chi connectivity index (χ3n) is 7.24. The van der Waals surface area contributed by atoms with Crippen LogP contribution >= 0.6 is 11.3 Å². The Hall–Kier alpha value is -3.50. The van der Waals surface area contributed by atoms with E-state index in [1.807, 2.05) is 12.4 Å². The Morgan fingerprint density at radius 1 is 1.18 bits per heavy atom. The molecule has 3 aromatic heterocycles. The van der Waals surface area contributed by atoms with Crippen molar-refractivity contribution in [2.75, 3.05) is 38.1 Å². The minimum absolute atomic E-state index is 0.255. The summed E-state index contributed by atoms with van der Waals surface area (Å²) in [6, 6.07) is 10.7. The first-order chi connectivity index (χ1) is 18.4. The number of thiazole rings is 1. The number of rotatable bonds is 9. The van der Waals surface area contributed by atoms with Crippen LogP contribution in [0, 0.1) is 5.82 Å². The third kappa shape index (κ3) is 5.66. The number of anilines is 2. The Bertz CT molecular complexity index is 1390. The predicted octanol–water partition coefficient (Wildman–Crippen LogP) is 5.76. The minimum Gasteiger partial charge on any atom is -0.465 e. The van der Waals surface area contributed by atoms with Crippen LogP contribution in [-0.4, -0.2) is 63.7 Å². The van der Waals surface area contributed by atoms with Gasteiger partial charge in [0.15, 0.2) is 5.13 Å². The molecule has 2 N–H and O–H groups in total. The molecule has 4 aromatic rings. The highest BCUT2D eigenvalue weighted by molar-refractivity contribution is 7.14. The number of imidazole rings is 1. The maximum atomic E-state index is 13.4. The monoisotopic (exact) mass is 536 g/mol. The van der Waals surface area contributed by atoms with E-state index in [0.717, 1.165) is 78.9 Å². The topological polar surface area (TPSA) is 86.0 Å². The highest BCUT2D eigenvalue weighted by atomic mass is 32.1. The van der Waals surface area contributed by atoms with Crippen molar-refractivity contribution in [1.29, 1.82) is 0 Å². The number of hydrogen-bond donors (Lipinski definition) is 2. The maximum Gasteiger partial charge on any atom is 0.404 e. The molecule has 1 amide bonds. The van der Waals surface area contributed by atoms with Gasteiger partial charge in [0.05, 0.1) is 11.4 Å². The van der Waals surface area contributed by atoms with Gasteiger partial charge in [-0.15, -0.1) is 11.3 Å². The van der Waals surface area contributed by atoms with E-state index in [4.69, 9.17) is 15.1 Å². The second-order valence-electron chi connectivity index (χ2n) is 9.71. The molecule has 1 saturated heterocycles. The van der Waals surface area contributed by atoms with Crippen molar-refractivity contribution in [3.05, 3.63) is 65.0 Å². The number of nitrogens with one attached hydrogen (secondary N) is 1. The fourth-order valence-electron chi connectivity index (χ4n) is 5.18. The molecule has 38 heavy (non-hydrogen) atoms. The Morgan fingerprint density at radius 3 is 2.66 bits per heavy atom. The van der Waals surface area contributed by atoms with Gasteiger partial charge in [-0.3, -0.25) is 4.40 Å². The fourth-order valence-corrected chi connectivity index (χ4v) is 5.98. The zero-order chi connectivity index (χ0) is 26.6. The van der Waals surface area contributed by atoms with Gasteiger partial charge < -0.3 is 20.2 Å². The van der Waals surface area contributed by atoms with Crippen LogP contribution in [0.25, 0.3) is 16.9 Å². The number of pyridine rings is 1. The predicted molar refractivity (Wildman–Crippen MR) is 149 cm³/mol. The third-order valence-corrected chi connectivity index (χ3v) is 8.16. The number of carbonyl (C=O) groups is 1. The molecule has 0 aliphatic carbocycles. The number of likely N-dealkylation sites (tertiary alicyclic amines) is 1. The molecule has 10 heteroatoms. The number of aryl methyl sites for hydroxylation is 1. The largest absolute Gasteiger partial charge is 0.465 e. The van der Waals surface area contributed by atoms with Crippen molar-refractivity contribution in [1.82, 2.24) is 24.6 Å². The van der Waals surface area contributed by atoms with Gasteiger partial charge in [-0.25, -0.2) is 19.2 Å². The van der Waals surface area contributed by atoms with Crippen LogP contribution in [0.5, 0.6) is 0 Å². The number of piperidine rings is 1. The van der Waals surface area contributed by atoms with Crippen LogP contribution in [0.4, 0.5) is 20.1 Å². The van der Waals surface area contributed by atoms with Crippen molar-refractivity contribution < 1.29 is 14.3 Å². The van der Waals surface area contributed by atoms with E-state index >= 15 is 0 Å². The summed E-state index contributed by atoms with van der Waals surface area (Å²) in [5.74, 6) is 1.24. The van der Waals surface area contributed by atoms with E-state index in [2.05, 4.69) is 44.8 Å². The Morgan fingerprint density at radius 2 is 1.95 bits per heavy atom. The summed E-state index contributed by atoms with van der Waals surface area (Å²) in [5, 5.41) is 14.0. The van der Waals surface area contributed by atoms with E-state index in [-0.39, 0.29) is 5.82 Å². The number of fused-ring (bicyclic) bond motifs is 1. The van der Waals surface area contributed by atoms with Crippen LogP contribution in [0.2, 0.25) is 0 Å². The van der Waals surface area contributed by atoms with Gasteiger partial charge in [0, 0.05) is 30.7 Å². The maximum absolute atomic E-state index is 13.4.